The monoisotopic (exact) mass is 1650 g/mol. The van der Waals surface area contributed by atoms with Gasteiger partial charge in [0.05, 0.1) is 33.1 Å². The van der Waals surface area contributed by atoms with Gasteiger partial charge in [-0.25, -0.2) is 0 Å². The number of hydrogen-bond donors (Lipinski definition) is 3. The first-order valence-corrected chi connectivity index (χ1v) is 44.9. The molecule has 0 spiro atoms. The van der Waals surface area contributed by atoms with Gasteiger partial charge in [0.15, 0.2) is 0 Å². The number of fused-ring (bicyclic) bond motifs is 31. The van der Waals surface area contributed by atoms with Gasteiger partial charge >= 0.3 is 0 Å². The Kier molecular flexibility index (Phi) is 16.4. The van der Waals surface area contributed by atoms with Gasteiger partial charge in [-0.1, -0.05) is 346 Å². The van der Waals surface area contributed by atoms with Crippen LogP contribution < -0.4 is 0 Å². The second kappa shape index (κ2) is 29.1. The zero-order chi connectivity index (χ0) is 85.2. The van der Waals surface area contributed by atoms with Crippen molar-refractivity contribution in [1.29, 1.82) is 0 Å². The highest BCUT2D eigenvalue weighted by molar-refractivity contribution is 6.32. The van der Waals surface area contributed by atoms with Crippen LogP contribution in [-0.2, 0) is 0 Å². The highest BCUT2D eigenvalue weighted by Gasteiger charge is 2.26. The van der Waals surface area contributed by atoms with Crippen molar-refractivity contribution in [3.63, 3.8) is 0 Å². The highest BCUT2D eigenvalue weighted by Crippen LogP contribution is 2.51. The molecule has 0 amide bonds. The number of aromatic amines is 3. The normalized spacial score (nSPS) is 12.0. The summed E-state index contributed by atoms with van der Waals surface area (Å²) in [5.41, 5.74) is 27.9. The molecule has 6 nitrogen and oxygen atoms in total. The lowest BCUT2D eigenvalue weighted by Crippen LogP contribution is -1.95. The third-order valence-corrected chi connectivity index (χ3v) is 27.7. The molecule has 604 valence electrons. The average molecular weight is 1650 g/mol. The number of H-pyrrole nitrogens is 3. The van der Waals surface area contributed by atoms with Crippen LogP contribution in [-0.4, -0.2) is 28.7 Å². The molecule has 0 saturated carbocycles. The van der Waals surface area contributed by atoms with Gasteiger partial charge in [-0.3, -0.25) is 0 Å². The smallest absolute Gasteiger partial charge is 0.0619 e. The summed E-state index contributed by atoms with van der Waals surface area (Å²) in [7, 11) is 0. The molecule has 29 rings (SSSR count). The maximum atomic E-state index is 3.73. The highest BCUT2D eigenvalue weighted by atomic mass is 15.0. The Morgan fingerprint density at radius 2 is 0.392 bits per heavy atom. The van der Waals surface area contributed by atoms with E-state index in [1.54, 1.807) is 0 Å². The van der Waals surface area contributed by atoms with Crippen molar-refractivity contribution in [1.82, 2.24) is 28.7 Å². The summed E-state index contributed by atoms with van der Waals surface area (Å²) in [5.74, 6) is 0. The van der Waals surface area contributed by atoms with Crippen molar-refractivity contribution in [2.24, 2.45) is 0 Å². The first-order chi connectivity index (χ1) is 64.5. The van der Waals surface area contributed by atoms with Crippen LogP contribution in [0.25, 0.3) is 268 Å². The summed E-state index contributed by atoms with van der Waals surface area (Å²) in [6.45, 7) is 0. The minimum atomic E-state index is 1.16. The molecular formula is C124H78N6. The van der Waals surface area contributed by atoms with Crippen LogP contribution in [0, 0.1) is 0 Å². The maximum absolute atomic E-state index is 3.73. The Hall–Kier alpha value is -17.3. The van der Waals surface area contributed by atoms with E-state index < -0.39 is 0 Å². The van der Waals surface area contributed by atoms with E-state index in [1.165, 1.54) is 262 Å². The Balaban J connectivity index is 0.000000101. The Morgan fingerprint density at radius 1 is 0.138 bits per heavy atom. The van der Waals surface area contributed by atoms with E-state index in [-0.39, 0.29) is 0 Å². The molecule has 6 heterocycles. The number of rotatable bonds is 7. The molecule has 0 unspecified atom stereocenters. The van der Waals surface area contributed by atoms with Gasteiger partial charge in [-0.05, 0) is 213 Å². The number of nitrogens with one attached hydrogen (secondary N) is 3. The predicted molar refractivity (Wildman–Crippen MR) is 555 cm³/mol. The Labute approximate surface area is 746 Å². The van der Waals surface area contributed by atoms with Crippen molar-refractivity contribution in [3.05, 3.63) is 455 Å². The summed E-state index contributed by atoms with van der Waals surface area (Å²) in [5, 5.41) is 32.9. The van der Waals surface area contributed by atoms with E-state index in [0.717, 1.165) is 5.69 Å². The zero-order valence-electron chi connectivity index (χ0n) is 70.6. The molecule has 0 radical (unpaired) electrons. The van der Waals surface area contributed by atoms with E-state index >= 15 is 0 Å². The number of para-hydroxylation sites is 7. The molecule has 0 fully saturated rings. The molecule has 0 bridgehead atoms. The van der Waals surface area contributed by atoms with Crippen molar-refractivity contribution < 1.29 is 0 Å². The van der Waals surface area contributed by atoms with E-state index in [1.807, 2.05) is 0 Å². The van der Waals surface area contributed by atoms with Crippen LogP contribution in [0.5, 0.6) is 0 Å². The Morgan fingerprint density at radius 3 is 0.769 bits per heavy atom. The van der Waals surface area contributed by atoms with Crippen LogP contribution in [0.2, 0.25) is 0 Å². The van der Waals surface area contributed by atoms with Gasteiger partial charge in [-0.15, -0.1) is 0 Å². The van der Waals surface area contributed by atoms with Crippen LogP contribution >= 0.6 is 0 Å². The molecule has 0 aliphatic heterocycles. The van der Waals surface area contributed by atoms with Gasteiger partial charge < -0.3 is 28.7 Å². The largest absolute Gasteiger partial charge is 0.354 e. The van der Waals surface area contributed by atoms with E-state index in [0.29, 0.717) is 0 Å². The fourth-order valence-electron chi connectivity index (χ4n) is 22.1. The van der Waals surface area contributed by atoms with Crippen molar-refractivity contribution in [2.45, 2.75) is 0 Å². The molecule has 3 N–H and O–H groups in total. The third-order valence-electron chi connectivity index (χ3n) is 27.7. The zero-order valence-corrected chi connectivity index (χ0v) is 70.6. The quantitative estimate of drug-likeness (QED) is 0.142. The predicted octanol–water partition coefficient (Wildman–Crippen LogP) is 34.0. The minimum Gasteiger partial charge on any atom is -0.354 e. The second-order valence-electron chi connectivity index (χ2n) is 34.6. The molecule has 6 heteroatoms. The molecular weight excluding hydrogens is 1570 g/mol. The summed E-state index contributed by atoms with van der Waals surface area (Å²) >= 11 is 0. The standard InChI is InChI=1S/C44H28N2.C42H26N2.C38H24N2/c1-2-12-28(13-3-1)29-22-24-30(25-23-29)46-42-21-11-9-16-33(42)39-26-37(32-15-5-7-18-35(32)44(39)46)38-27-41-43(34-17-6-4-14-31(34)38)36-19-8-10-20-40(36)45-41;1-2-12-27-23-28(22-21-26(27)11-1)44-40-20-10-8-15-31(40)37-24-35(30-14-4-6-17-33(30)42(37)44)36-25-39-41(32-16-5-3-13-29(32)36)34-18-7-9-19-38(34)43-39;1-2-12-24(13-3-1)40-36-21-11-9-16-27(36)33-22-31(26-15-5-7-18-29(26)38(33)40)32-23-35-37(28-17-6-4-14-25(28)32)30-19-8-10-20-34(30)39-35/h1-27,45H;1-25,43H;1-23,39H. The summed E-state index contributed by atoms with van der Waals surface area (Å²) in [4.78, 5) is 11.2. The average Bonchev–Trinajstić information content (AvgIpc) is 1.54. The SMILES string of the molecule is c1ccc(-c2ccc(-n3c4ccccc4c4cc(-c5cc6[nH]c7ccccc7c6c6ccccc56)c5ccccc5c43)cc2)cc1.c1ccc(-n2c3ccccc3c3cc(-c4cc5[nH]c6ccccc6c5c5ccccc45)c4ccccc4c32)cc1.c1ccc2cc(-n3c4ccccc4c4cc(-c5cc6[nH]c7ccccc7c6c6ccccc56)c5ccccc5c43)ccc2c1. The van der Waals surface area contributed by atoms with Crippen LogP contribution in [0.15, 0.2) is 455 Å². The number of benzene rings is 23. The van der Waals surface area contributed by atoms with Crippen molar-refractivity contribution >= 4 is 206 Å². The maximum Gasteiger partial charge on any atom is 0.0619 e. The fraction of sp³-hybridized carbons (Fsp3) is 0. The lowest BCUT2D eigenvalue weighted by atomic mass is 9.90. The third kappa shape index (κ3) is 11.2. The number of nitrogens with zero attached hydrogens (tertiary/aromatic N) is 3. The van der Waals surface area contributed by atoms with E-state index in [2.05, 4.69) is 484 Å². The molecule has 23 aromatic carbocycles. The molecule has 0 aliphatic rings. The fourth-order valence-corrected chi connectivity index (χ4v) is 22.1. The van der Waals surface area contributed by atoms with Gasteiger partial charge in [0.2, 0.25) is 0 Å². The molecule has 0 saturated heterocycles. The lowest BCUT2D eigenvalue weighted by Gasteiger charge is -2.15. The van der Waals surface area contributed by atoms with Gasteiger partial charge in [-0.2, -0.15) is 0 Å². The van der Waals surface area contributed by atoms with Crippen molar-refractivity contribution in [3.8, 4) is 61.6 Å². The molecule has 6 aromatic heterocycles. The van der Waals surface area contributed by atoms with Crippen LogP contribution in [0.1, 0.15) is 0 Å². The molecule has 0 aliphatic carbocycles. The lowest BCUT2D eigenvalue weighted by molar-refractivity contribution is 1.19. The topological polar surface area (TPSA) is 62.2 Å². The first-order valence-electron chi connectivity index (χ1n) is 44.9. The van der Waals surface area contributed by atoms with Crippen molar-refractivity contribution in [2.75, 3.05) is 0 Å². The van der Waals surface area contributed by atoms with Gasteiger partial charge in [0.1, 0.15) is 0 Å². The van der Waals surface area contributed by atoms with Gasteiger partial charge in [0.25, 0.3) is 0 Å². The van der Waals surface area contributed by atoms with Crippen LogP contribution in [0.3, 0.4) is 0 Å². The van der Waals surface area contributed by atoms with E-state index in [4.69, 9.17) is 0 Å². The summed E-state index contributed by atoms with van der Waals surface area (Å²) in [6, 6.07) is 166. The molecule has 29 aromatic rings. The Bertz CT molecular complexity index is 9760. The second-order valence-corrected chi connectivity index (χ2v) is 34.6. The first kappa shape index (κ1) is 73.1. The molecule has 0 atom stereocenters. The minimum absolute atomic E-state index is 1.16. The summed E-state index contributed by atoms with van der Waals surface area (Å²) < 4.78 is 7.34. The summed E-state index contributed by atoms with van der Waals surface area (Å²) in [6.07, 6.45) is 0. The number of aromatic nitrogens is 6. The van der Waals surface area contributed by atoms with Crippen LogP contribution in [0.4, 0.5) is 0 Å². The molecule has 130 heavy (non-hydrogen) atoms. The van der Waals surface area contributed by atoms with E-state index in [9.17, 15) is 0 Å². The van der Waals surface area contributed by atoms with Gasteiger partial charge in [0, 0.05) is 131 Å². The number of hydrogen-bond acceptors (Lipinski definition) is 0.